The van der Waals surface area contributed by atoms with Gasteiger partial charge in [0, 0.05) is 23.5 Å². The first-order valence-electron chi connectivity index (χ1n) is 4.86. The van der Waals surface area contributed by atoms with Crippen molar-refractivity contribution < 1.29 is 0 Å². The molecular formula is C13H10N2. The van der Waals surface area contributed by atoms with E-state index in [0.717, 1.165) is 11.1 Å². The van der Waals surface area contributed by atoms with Crippen LogP contribution in [0.3, 0.4) is 0 Å². The minimum Gasteiger partial charge on any atom is -0.399 e. The molecule has 2 aromatic carbocycles. The summed E-state index contributed by atoms with van der Waals surface area (Å²) in [6, 6.07) is 12.2. The molecule has 15 heavy (non-hydrogen) atoms. The minimum absolute atomic E-state index is 0.802. The molecule has 0 saturated carbocycles. The summed E-state index contributed by atoms with van der Waals surface area (Å²) < 4.78 is 0. The molecule has 2 nitrogen and oxygen atoms in total. The van der Waals surface area contributed by atoms with Gasteiger partial charge >= 0.3 is 0 Å². The van der Waals surface area contributed by atoms with E-state index in [0.29, 0.717) is 0 Å². The molecule has 2 N–H and O–H groups in total. The fraction of sp³-hybridized carbons (Fsp3) is 0. The number of anilines is 1. The van der Waals surface area contributed by atoms with Crippen molar-refractivity contribution in [1.82, 2.24) is 4.98 Å². The molecule has 0 atom stereocenters. The van der Waals surface area contributed by atoms with Crippen molar-refractivity contribution in [3.8, 4) is 0 Å². The molecule has 72 valence electrons. The monoisotopic (exact) mass is 194 g/mol. The van der Waals surface area contributed by atoms with Crippen LogP contribution in [0.25, 0.3) is 21.5 Å². The summed E-state index contributed by atoms with van der Waals surface area (Å²) in [5, 5.41) is 4.79. The lowest BCUT2D eigenvalue weighted by molar-refractivity contribution is 1.37. The lowest BCUT2D eigenvalue weighted by Gasteiger charge is -2.03. The first-order valence-corrected chi connectivity index (χ1v) is 4.86. The van der Waals surface area contributed by atoms with E-state index in [-0.39, 0.29) is 0 Å². The Labute approximate surface area is 87.4 Å². The van der Waals surface area contributed by atoms with Gasteiger partial charge in [-0.15, -0.1) is 0 Å². The third-order valence-corrected chi connectivity index (χ3v) is 2.66. The number of hydrogen-bond acceptors (Lipinski definition) is 2. The van der Waals surface area contributed by atoms with Crippen molar-refractivity contribution in [2.45, 2.75) is 0 Å². The first kappa shape index (κ1) is 8.24. The highest BCUT2D eigenvalue weighted by Crippen LogP contribution is 2.25. The number of rotatable bonds is 0. The normalized spacial score (nSPS) is 10.9. The molecule has 0 aliphatic rings. The van der Waals surface area contributed by atoms with Gasteiger partial charge in [-0.2, -0.15) is 0 Å². The predicted octanol–water partition coefficient (Wildman–Crippen LogP) is 2.97. The van der Waals surface area contributed by atoms with Gasteiger partial charge in [0.25, 0.3) is 0 Å². The van der Waals surface area contributed by atoms with Crippen LogP contribution in [0.15, 0.2) is 48.8 Å². The van der Waals surface area contributed by atoms with E-state index in [1.165, 1.54) is 16.2 Å². The minimum atomic E-state index is 0.802. The third-order valence-electron chi connectivity index (χ3n) is 2.66. The molecule has 0 aliphatic carbocycles. The van der Waals surface area contributed by atoms with Crippen LogP contribution in [-0.2, 0) is 0 Å². The van der Waals surface area contributed by atoms with Gasteiger partial charge in [0.05, 0.1) is 0 Å². The molecule has 2 heteroatoms. The highest BCUT2D eigenvalue weighted by atomic mass is 14.6. The summed E-state index contributed by atoms with van der Waals surface area (Å²) in [5.41, 5.74) is 6.56. The van der Waals surface area contributed by atoms with E-state index in [4.69, 9.17) is 5.73 Å². The van der Waals surface area contributed by atoms with Crippen molar-refractivity contribution in [2.24, 2.45) is 0 Å². The largest absolute Gasteiger partial charge is 0.399 e. The van der Waals surface area contributed by atoms with Crippen LogP contribution < -0.4 is 5.73 Å². The van der Waals surface area contributed by atoms with E-state index < -0.39 is 0 Å². The second kappa shape index (κ2) is 2.95. The lowest BCUT2D eigenvalue weighted by atomic mass is 10.0. The molecule has 0 unspecified atom stereocenters. The topological polar surface area (TPSA) is 38.9 Å². The number of nitrogens with zero attached hydrogens (tertiary/aromatic N) is 1. The zero-order chi connectivity index (χ0) is 10.3. The van der Waals surface area contributed by atoms with Crippen LogP contribution in [0.2, 0.25) is 0 Å². The molecule has 3 rings (SSSR count). The van der Waals surface area contributed by atoms with Crippen LogP contribution in [0.1, 0.15) is 0 Å². The molecule has 0 bridgehead atoms. The first-order chi connectivity index (χ1) is 7.34. The Morgan fingerprint density at radius 1 is 0.867 bits per heavy atom. The fourth-order valence-corrected chi connectivity index (χ4v) is 1.93. The molecule has 0 saturated heterocycles. The van der Waals surface area contributed by atoms with E-state index >= 15 is 0 Å². The summed E-state index contributed by atoms with van der Waals surface area (Å²) in [4.78, 5) is 4.11. The average molecular weight is 194 g/mol. The van der Waals surface area contributed by atoms with Crippen molar-refractivity contribution in [3.05, 3.63) is 48.8 Å². The van der Waals surface area contributed by atoms with Crippen molar-refractivity contribution in [1.29, 1.82) is 0 Å². The quantitative estimate of drug-likeness (QED) is 0.441. The summed E-state index contributed by atoms with van der Waals surface area (Å²) in [6.07, 6.45) is 3.70. The van der Waals surface area contributed by atoms with Gasteiger partial charge in [-0.3, -0.25) is 4.98 Å². The molecule has 0 amide bonds. The zero-order valence-electron chi connectivity index (χ0n) is 8.14. The van der Waals surface area contributed by atoms with E-state index in [9.17, 15) is 0 Å². The highest BCUT2D eigenvalue weighted by molar-refractivity contribution is 6.07. The Bertz CT molecular complexity index is 644. The van der Waals surface area contributed by atoms with Gasteiger partial charge in [0.15, 0.2) is 0 Å². The maximum atomic E-state index is 5.76. The maximum absolute atomic E-state index is 5.76. The summed E-state index contributed by atoms with van der Waals surface area (Å²) in [5.74, 6) is 0. The Morgan fingerprint density at radius 3 is 2.60 bits per heavy atom. The molecular weight excluding hydrogens is 184 g/mol. The number of pyridine rings is 1. The van der Waals surface area contributed by atoms with Crippen LogP contribution in [-0.4, -0.2) is 4.98 Å². The van der Waals surface area contributed by atoms with Crippen LogP contribution >= 0.6 is 0 Å². The standard InChI is InChI=1S/C13H10N2/c14-11-3-4-12-9(7-11)1-2-10-8-15-6-5-13(10)12/h1-8H,14H2. The van der Waals surface area contributed by atoms with E-state index in [1.807, 2.05) is 30.6 Å². The second-order valence-corrected chi connectivity index (χ2v) is 3.64. The molecule has 0 spiro atoms. The summed E-state index contributed by atoms with van der Waals surface area (Å²) in [7, 11) is 0. The maximum Gasteiger partial charge on any atom is 0.0346 e. The Balaban J connectivity index is 2.55. The van der Waals surface area contributed by atoms with E-state index in [2.05, 4.69) is 23.2 Å². The van der Waals surface area contributed by atoms with Gasteiger partial charge in [-0.05, 0) is 34.4 Å². The molecule has 0 aliphatic heterocycles. The Morgan fingerprint density at radius 2 is 1.67 bits per heavy atom. The molecule has 1 heterocycles. The van der Waals surface area contributed by atoms with Crippen LogP contribution in [0.5, 0.6) is 0 Å². The van der Waals surface area contributed by atoms with Crippen LogP contribution in [0, 0.1) is 0 Å². The lowest BCUT2D eigenvalue weighted by Crippen LogP contribution is -1.84. The molecule has 0 fully saturated rings. The molecule has 0 radical (unpaired) electrons. The fourth-order valence-electron chi connectivity index (χ4n) is 1.93. The van der Waals surface area contributed by atoms with Crippen molar-refractivity contribution in [3.63, 3.8) is 0 Å². The number of nitrogens with two attached hydrogens (primary N) is 1. The van der Waals surface area contributed by atoms with E-state index in [1.54, 1.807) is 0 Å². The SMILES string of the molecule is Nc1ccc2c(ccc3cnccc32)c1. The summed E-state index contributed by atoms with van der Waals surface area (Å²) in [6.45, 7) is 0. The number of nitrogen functional groups attached to an aromatic ring is 1. The number of hydrogen-bond donors (Lipinski definition) is 1. The number of fused-ring (bicyclic) bond motifs is 3. The van der Waals surface area contributed by atoms with Gasteiger partial charge in [-0.25, -0.2) is 0 Å². The molecule has 3 aromatic rings. The predicted molar refractivity (Wildman–Crippen MR) is 63.7 cm³/mol. The number of aromatic nitrogens is 1. The van der Waals surface area contributed by atoms with Crippen molar-refractivity contribution >= 4 is 27.2 Å². The Kier molecular flexibility index (Phi) is 1.62. The van der Waals surface area contributed by atoms with Gasteiger partial charge in [0.1, 0.15) is 0 Å². The average Bonchev–Trinajstić information content (AvgIpc) is 2.28. The smallest absolute Gasteiger partial charge is 0.0346 e. The number of benzene rings is 2. The van der Waals surface area contributed by atoms with Crippen LogP contribution in [0.4, 0.5) is 5.69 Å². The van der Waals surface area contributed by atoms with Gasteiger partial charge in [0.2, 0.25) is 0 Å². The third kappa shape index (κ3) is 1.22. The van der Waals surface area contributed by atoms with Gasteiger partial charge < -0.3 is 5.73 Å². The highest BCUT2D eigenvalue weighted by Gasteiger charge is 1.99. The second-order valence-electron chi connectivity index (χ2n) is 3.64. The molecule has 1 aromatic heterocycles. The zero-order valence-corrected chi connectivity index (χ0v) is 8.14. The van der Waals surface area contributed by atoms with Gasteiger partial charge in [-0.1, -0.05) is 18.2 Å². The Hall–Kier alpha value is -2.09. The summed E-state index contributed by atoms with van der Waals surface area (Å²) >= 11 is 0. The van der Waals surface area contributed by atoms with Crippen molar-refractivity contribution in [2.75, 3.05) is 5.73 Å².